The SMILES string of the molecule is O=C(COC(=O)NC1CC1)NCc1cccc(Cl)c1F. The third kappa shape index (κ3) is 4.38. The maximum atomic E-state index is 13.5. The van der Waals surface area contributed by atoms with Gasteiger partial charge in [0.1, 0.15) is 5.82 Å². The Hall–Kier alpha value is -1.82. The van der Waals surface area contributed by atoms with Gasteiger partial charge in [-0.2, -0.15) is 0 Å². The molecule has 2 rings (SSSR count). The molecular weight excluding hydrogens is 287 g/mol. The highest BCUT2D eigenvalue weighted by Gasteiger charge is 2.24. The molecule has 20 heavy (non-hydrogen) atoms. The first-order valence-electron chi connectivity index (χ1n) is 6.19. The average Bonchev–Trinajstić information content (AvgIpc) is 3.22. The number of hydrogen-bond acceptors (Lipinski definition) is 3. The van der Waals surface area contributed by atoms with Crippen LogP contribution in [0.4, 0.5) is 9.18 Å². The molecule has 1 fully saturated rings. The Morgan fingerprint density at radius 1 is 1.40 bits per heavy atom. The van der Waals surface area contributed by atoms with Gasteiger partial charge in [0.2, 0.25) is 0 Å². The van der Waals surface area contributed by atoms with Crippen LogP contribution in [-0.2, 0) is 16.1 Å². The van der Waals surface area contributed by atoms with Crippen LogP contribution < -0.4 is 10.6 Å². The second-order valence-corrected chi connectivity index (χ2v) is 4.89. The van der Waals surface area contributed by atoms with Crippen molar-refractivity contribution in [1.82, 2.24) is 10.6 Å². The molecule has 1 aromatic carbocycles. The average molecular weight is 301 g/mol. The summed E-state index contributed by atoms with van der Waals surface area (Å²) in [5.74, 6) is -1.07. The van der Waals surface area contributed by atoms with Crippen molar-refractivity contribution in [3.05, 3.63) is 34.6 Å². The van der Waals surface area contributed by atoms with E-state index in [0.29, 0.717) is 0 Å². The van der Waals surface area contributed by atoms with Crippen molar-refractivity contribution in [1.29, 1.82) is 0 Å². The molecule has 108 valence electrons. The molecule has 0 aromatic heterocycles. The molecule has 0 bridgehead atoms. The number of amides is 2. The molecule has 2 amide bonds. The van der Waals surface area contributed by atoms with Crippen molar-refractivity contribution in [2.45, 2.75) is 25.4 Å². The number of benzene rings is 1. The Morgan fingerprint density at radius 3 is 2.85 bits per heavy atom. The van der Waals surface area contributed by atoms with Crippen LogP contribution in [0, 0.1) is 5.82 Å². The molecule has 5 nitrogen and oxygen atoms in total. The Morgan fingerprint density at radius 2 is 2.15 bits per heavy atom. The molecule has 0 aliphatic heterocycles. The van der Waals surface area contributed by atoms with Crippen molar-refractivity contribution in [3.8, 4) is 0 Å². The van der Waals surface area contributed by atoms with Crippen molar-refractivity contribution < 1.29 is 18.7 Å². The summed E-state index contributed by atoms with van der Waals surface area (Å²) in [5, 5.41) is 5.03. The lowest BCUT2D eigenvalue weighted by atomic mass is 10.2. The number of carbonyl (C=O) groups is 2. The van der Waals surface area contributed by atoms with Gasteiger partial charge in [-0.25, -0.2) is 9.18 Å². The van der Waals surface area contributed by atoms with Crippen LogP contribution in [0.3, 0.4) is 0 Å². The van der Waals surface area contributed by atoms with Crippen molar-refractivity contribution in [2.24, 2.45) is 0 Å². The maximum Gasteiger partial charge on any atom is 0.407 e. The number of ether oxygens (including phenoxy) is 1. The minimum atomic E-state index is -0.614. The smallest absolute Gasteiger partial charge is 0.407 e. The van der Waals surface area contributed by atoms with Gasteiger partial charge in [-0.1, -0.05) is 23.7 Å². The molecular formula is C13H14ClFN2O3. The summed E-state index contributed by atoms with van der Waals surface area (Å²) < 4.78 is 18.3. The van der Waals surface area contributed by atoms with Crippen LogP contribution in [0.1, 0.15) is 18.4 Å². The predicted molar refractivity (Wildman–Crippen MR) is 70.8 cm³/mol. The number of hydrogen-bond donors (Lipinski definition) is 2. The standard InChI is InChI=1S/C13H14ClFN2O3/c14-10-3-1-2-8(12(10)15)6-16-11(18)7-20-13(19)17-9-4-5-9/h1-3,9H,4-7H2,(H,16,18)(H,17,19). The van der Waals surface area contributed by atoms with E-state index in [1.165, 1.54) is 12.1 Å². The highest BCUT2D eigenvalue weighted by Crippen LogP contribution is 2.18. The summed E-state index contributed by atoms with van der Waals surface area (Å²) in [4.78, 5) is 22.6. The first-order valence-corrected chi connectivity index (χ1v) is 6.57. The minimum absolute atomic E-state index is 0.00295. The van der Waals surface area contributed by atoms with Crippen LogP contribution in [0.2, 0.25) is 5.02 Å². The Labute approximate surface area is 120 Å². The van der Waals surface area contributed by atoms with Gasteiger partial charge in [0, 0.05) is 18.2 Å². The summed E-state index contributed by atoms with van der Waals surface area (Å²) in [6, 6.07) is 4.70. The van der Waals surface area contributed by atoms with Crippen LogP contribution in [0.5, 0.6) is 0 Å². The molecule has 0 saturated heterocycles. The zero-order valence-corrected chi connectivity index (χ0v) is 11.4. The highest BCUT2D eigenvalue weighted by atomic mass is 35.5. The van der Waals surface area contributed by atoms with Crippen LogP contribution in [0.25, 0.3) is 0 Å². The highest BCUT2D eigenvalue weighted by molar-refractivity contribution is 6.30. The van der Waals surface area contributed by atoms with Crippen LogP contribution in [-0.4, -0.2) is 24.6 Å². The lowest BCUT2D eigenvalue weighted by molar-refractivity contribution is -0.124. The molecule has 1 aliphatic carbocycles. The number of carbonyl (C=O) groups excluding carboxylic acids is 2. The largest absolute Gasteiger partial charge is 0.439 e. The number of alkyl carbamates (subject to hydrolysis) is 1. The molecule has 0 unspecified atom stereocenters. The van der Waals surface area contributed by atoms with Gasteiger partial charge in [0.25, 0.3) is 5.91 Å². The first kappa shape index (κ1) is 14.6. The van der Waals surface area contributed by atoms with Crippen molar-refractivity contribution in [2.75, 3.05) is 6.61 Å². The van der Waals surface area contributed by atoms with Crippen molar-refractivity contribution >= 4 is 23.6 Å². The molecule has 1 saturated carbocycles. The zero-order valence-electron chi connectivity index (χ0n) is 10.6. The summed E-state index contributed by atoms with van der Waals surface area (Å²) in [5.41, 5.74) is 0.272. The van der Waals surface area contributed by atoms with E-state index < -0.39 is 24.4 Å². The predicted octanol–water partition coefficient (Wildman–Crippen LogP) is 1.98. The fourth-order valence-corrected chi connectivity index (χ4v) is 1.69. The van der Waals surface area contributed by atoms with Crippen LogP contribution >= 0.6 is 11.6 Å². The normalized spacial score (nSPS) is 13.7. The molecule has 2 N–H and O–H groups in total. The topological polar surface area (TPSA) is 67.4 Å². The van der Waals surface area contributed by atoms with E-state index in [0.717, 1.165) is 12.8 Å². The van der Waals surface area contributed by atoms with Crippen LogP contribution in [0.15, 0.2) is 18.2 Å². The first-order chi connectivity index (χ1) is 9.56. The van der Waals surface area contributed by atoms with E-state index in [1.807, 2.05) is 0 Å². The van der Waals surface area contributed by atoms with E-state index in [9.17, 15) is 14.0 Å². The number of halogens is 2. The molecule has 0 spiro atoms. The van der Waals surface area contributed by atoms with E-state index in [4.69, 9.17) is 16.3 Å². The van der Waals surface area contributed by atoms with Gasteiger partial charge in [0.05, 0.1) is 5.02 Å². The Balaban J connectivity index is 1.71. The quantitative estimate of drug-likeness (QED) is 0.874. The second kappa shape index (κ2) is 6.56. The second-order valence-electron chi connectivity index (χ2n) is 4.48. The summed E-state index contributed by atoms with van der Waals surface area (Å²) in [6.07, 6.45) is 1.27. The van der Waals surface area contributed by atoms with E-state index >= 15 is 0 Å². The fourth-order valence-electron chi connectivity index (χ4n) is 1.50. The van der Waals surface area contributed by atoms with Gasteiger partial charge >= 0.3 is 6.09 Å². The Kier molecular flexibility index (Phi) is 4.79. The lowest BCUT2D eigenvalue weighted by Gasteiger charge is -2.08. The minimum Gasteiger partial charge on any atom is -0.439 e. The summed E-state index contributed by atoms with van der Waals surface area (Å²) >= 11 is 5.62. The number of rotatable bonds is 5. The Bertz CT molecular complexity index is 520. The maximum absolute atomic E-state index is 13.5. The fraction of sp³-hybridized carbons (Fsp3) is 0.385. The van der Waals surface area contributed by atoms with E-state index in [-0.39, 0.29) is 23.2 Å². The van der Waals surface area contributed by atoms with Gasteiger partial charge < -0.3 is 15.4 Å². The zero-order chi connectivity index (χ0) is 14.5. The number of nitrogens with one attached hydrogen (secondary N) is 2. The third-order valence-corrected chi connectivity index (χ3v) is 3.03. The molecule has 0 heterocycles. The van der Waals surface area contributed by atoms with Gasteiger partial charge in [-0.05, 0) is 18.9 Å². The third-order valence-electron chi connectivity index (χ3n) is 2.74. The van der Waals surface area contributed by atoms with Crippen molar-refractivity contribution in [3.63, 3.8) is 0 Å². The lowest BCUT2D eigenvalue weighted by Crippen LogP contribution is -2.33. The molecule has 1 aliphatic rings. The van der Waals surface area contributed by atoms with E-state index in [1.54, 1.807) is 6.07 Å². The van der Waals surface area contributed by atoms with Gasteiger partial charge in [-0.15, -0.1) is 0 Å². The summed E-state index contributed by atoms with van der Waals surface area (Å²) in [7, 11) is 0. The molecule has 1 aromatic rings. The van der Waals surface area contributed by atoms with Gasteiger partial charge in [-0.3, -0.25) is 4.79 Å². The molecule has 0 atom stereocenters. The van der Waals surface area contributed by atoms with E-state index in [2.05, 4.69) is 10.6 Å². The molecule has 7 heteroatoms. The van der Waals surface area contributed by atoms with Gasteiger partial charge in [0.15, 0.2) is 6.61 Å². The summed E-state index contributed by atoms with van der Waals surface area (Å²) in [6.45, 7) is -0.417. The molecule has 0 radical (unpaired) electrons. The monoisotopic (exact) mass is 300 g/mol.